The summed E-state index contributed by atoms with van der Waals surface area (Å²) in [5.41, 5.74) is 1.86. The van der Waals surface area contributed by atoms with E-state index in [2.05, 4.69) is 43.3 Å². The molecule has 1 rings (SSSR count). The second-order valence-corrected chi connectivity index (χ2v) is 6.58. The van der Waals surface area contributed by atoms with Gasteiger partial charge in [-0.15, -0.1) is 0 Å². The van der Waals surface area contributed by atoms with Gasteiger partial charge in [-0.2, -0.15) is 0 Å². The maximum absolute atomic E-state index is 12.3. The molecule has 1 aromatic heterocycles. The van der Waals surface area contributed by atoms with Gasteiger partial charge < -0.3 is 10.6 Å². The highest BCUT2D eigenvalue weighted by Crippen LogP contribution is 2.17. The number of aryl methyl sites for hydroxylation is 1. The van der Waals surface area contributed by atoms with Crippen LogP contribution in [0.15, 0.2) is 12.1 Å². The van der Waals surface area contributed by atoms with Crippen LogP contribution in [0.5, 0.6) is 0 Å². The monoisotopic (exact) mass is 291 g/mol. The topological polar surface area (TPSA) is 54.0 Å². The van der Waals surface area contributed by atoms with E-state index >= 15 is 0 Å². The van der Waals surface area contributed by atoms with Crippen molar-refractivity contribution in [2.45, 2.75) is 53.9 Å². The van der Waals surface area contributed by atoms with E-state index in [9.17, 15) is 4.79 Å². The average molecular weight is 291 g/mol. The SMILES string of the molecule is CCCNc1cc(C(=O)NCCC(C)(C)C)cc(CC)n1. The molecular weight excluding hydrogens is 262 g/mol. The third-order valence-electron chi connectivity index (χ3n) is 3.22. The Balaban J connectivity index is 2.73. The minimum Gasteiger partial charge on any atom is -0.370 e. The highest BCUT2D eigenvalue weighted by molar-refractivity contribution is 5.95. The molecule has 1 heterocycles. The highest BCUT2D eigenvalue weighted by atomic mass is 16.1. The largest absolute Gasteiger partial charge is 0.370 e. The Morgan fingerprint density at radius 1 is 1.19 bits per heavy atom. The smallest absolute Gasteiger partial charge is 0.251 e. The van der Waals surface area contributed by atoms with E-state index in [-0.39, 0.29) is 11.3 Å². The quantitative estimate of drug-likeness (QED) is 0.806. The van der Waals surface area contributed by atoms with Gasteiger partial charge in [0.2, 0.25) is 0 Å². The number of hydrogen-bond donors (Lipinski definition) is 2. The van der Waals surface area contributed by atoms with E-state index in [1.165, 1.54) is 0 Å². The normalized spacial score (nSPS) is 11.3. The molecule has 1 aromatic rings. The predicted molar refractivity (Wildman–Crippen MR) is 88.8 cm³/mol. The van der Waals surface area contributed by atoms with Crippen molar-refractivity contribution in [1.82, 2.24) is 10.3 Å². The number of aromatic nitrogens is 1. The van der Waals surface area contributed by atoms with Crippen LogP contribution in [0.2, 0.25) is 0 Å². The fourth-order valence-corrected chi connectivity index (χ4v) is 1.90. The Morgan fingerprint density at radius 3 is 2.48 bits per heavy atom. The first-order chi connectivity index (χ1) is 9.85. The van der Waals surface area contributed by atoms with Gasteiger partial charge in [0.15, 0.2) is 0 Å². The van der Waals surface area contributed by atoms with Gasteiger partial charge in [-0.25, -0.2) is 4.98 Å². The summed E-state index contributed by atoms with van der Waals surface area (Å²) in [7, 11) is 0. The highest BCUT2D eigenvalue weighted by Gasteiger charge is 2.12. The number of rotatable bonds is 7. The Morgan fingerprint density at radius 2 is 1.90 bits per heavy atom. The number of anilines is 1. The summed E-state index contributed by atoms with van der Waals surface area (Å²) < 4.78 is 0. The second kappa shape index (κ2) is 8.01. The van der Waals surface area contributed by atoms with E-state index in [0.29, 0.717) is 12.1 Å². The number of carbonyl (C=O) groups is 1. The molecular formula is C17H29N3O. The lowest BCUT2D eigenvalue weighted by atomic mass is 9.92. The Bertz CT molecular complexity index is 464. The molecule has 0 radical (unpaired) electrons. The van der Waals surface area contributed by atoms with Crippen molar-refractivity contribution >= 4 is 11.7 Å². The van der Waals surface area contributed by atoms with E-state index in [1.807, 2.05) is 19.1 Å². The van der Waals surface area contributed by atoms with Crippen LogP contribution in [-0.2, 0) is 6.42 Å². The minimum atomic E-state index is -0.0177. The summed E-state index contributed by atoms with van der Waals surface area (Å²) in [5, 5.41) is 6.25. The predicted octanol–water partition coefficient (Wildman–Crippen LogP) is 3.63. The number of carbonyl (C=O) groups excluding carboxylic acids is 1. The van der Waals surface area contributed by atoms with Gasteiger partial charge in [-0.1, -0.05) is 34.6 Å². The van der Waals surface area contributed by atoms with Crippen LogP contribution < -0.4 is 10.6 Å². The van der Waals surface area contributed by atoms with Gasteiger partial charge in [0.05, 0.1) is 0 Å². The molecule has 0 aliphatic rings. The van der Waals surface area contributed by atoms with Crippen molar-refractivity contribution in [3.63, 3.8) is 0 Å². The van der Waals surface area contributed by atoms with Crippen LogP contribution in [0.25, 0.3) is 0 Å². The zero-order valence-corrected chi connectivity index (χ0v) is 14.0. The third kappa shape index (κ3) is 6.61. The van der Waals surface area contributed by atoms with Crippen LogP contribution in [0.1, 0.15) is 63.5 Å². The van der Waals surface area contributed by atoms with Gasteiger partial charge in [0.1, 0.15) is 5.82 Å². The molecule has 0 aliphatic carbocycles. The summed E-state index contributed by atoms with van der Waals surface area (Å²) in [5.74, 6) is 0.771. The molecule has 4 heteroatoms. The molecule has 0 aliphatic heterocycles. The third-order valence-corrected chi connectivity index (χ3v) is 3.22. The maximum Gasteiger partial charge on any atom is 0.251 e. The van der Waals surface area contributed by atoms with E-state index in [0.717, 1.165) is 37.3 Å². The van der Waals surface area contributed by atoms with Crippen molar-refractivity contribution in [3.05, 3.63) is 23.4 Å². The molecule has 2 N–H and O–H groups in total. The molecule has 1 amide bonds. The van der Waals surface area contributed by atoms with Gasteiger partial charge >= 0.3 is 0 Å². The molecule has 0 saturated carbocycles. The molecule has 21 heavy (non-hydrogen) atoms. The Hall–Kier alpha value is -1.58. The second-order valence-electron chi connectivity index (χ2n) is 6.58. The summed E-state index contributed by atoms with van der Waals surface area (Å²) in [6, 6.07) is 3.71. The summed E-state index contributed by atoms with van der Waals surface area (Å²) in [4.78, 5) is 16.8. The van der Waals surface area contributed by atoms with E-state index in [1.54, 1.807) is 0 Å². The summed E-state index contributed by atoms with van der Waals surface area (Å²) >= 11 is 0. The Labute approximate surface area is 128 Å². The van der Waals surface area contributed by atoms with Gasteiger partial charge in [0.25, 0.3) is 5.91 Å². The number of pyridine rings is 1. The summed E-state index contributed by atoms with van der Waals surface area (Å²) in [6.07, 6.45) is 2.82. The van der Waals surface area contributed by atoms with Crippen molar-refractivity contribution in [2.75, 3.05) is 18.4 Å². The lowest BCUT2D eigenvalue weighted by Crippen LogP contribution is -2.27. The van der Waals surface area contributed by atoms with Crippen LogP contribution in [0.4, 0.5) is 5.82 Å². The van der Waals surface area contributed by atoms with Crippen molar-refractivity contribution < 1.29 is 4.79 Å². The minimum absolute atomic E-state index is 0.0177. The average Bonchev–Trinajstić information content (AvgIpc) is 2.43. The first kappa shape index (κ1) is 17.5. The number of amides is 1. The van der Waals surface area contributed by atoms with Crippen molar-refractivity contribution in [2.24, 2.45) is 5.41 Å². The van der Waals surface area contributed by atoms with Crippen molar-refractivity contribution in [1.29, 1.82) is 0 Å². The van der Waals surface area contributed by atoms with E-state index in [4.69, 9.17) is 0 Å². The molecule has 0 spiro atoms. The number of nitrogens with zero attached hydrogens (tertiary/aromatic N) is 1. The zero-order chi connectivity index (χ0) is 15.9. The zero-order valence-electron chi connectivity index (χ0n) is 14.0. The fraction of sp³-hybridized carbons (Fsp3) is 0.647. The summed E-state index contributed by atoms with van der Waals surface area (Å²) in [6.45, 7) is 12.2. The van der Waals surface area contributed by atoms with E-state index < -0.39 is 0 Å². The van der Waals surface area contributed by atoms with Crippen LogP contribution >= 0.6 is 0 Å². The molecule has 0 aromatic carbocycles. The van der Waals surface area contributed by atoms with Gasteiger partial charge in [0, 0.05) is 24.3 Å². The molecule has 118 valence electrons. The molecule has 0 unspecified atom stereocenters. The van der Waals surface area contributed by atoms with Crippen molar-refractivity contribution in [3.8, 4) is 0 Å². The molecule has 4 nitrogen and oxygen atoms in total. The first-order valence-corrected chi connectivity index (χ1v) is 7.88. The van der Waals surface area contributed by atoms with Crippen LogP contribution in [-0.4, -0.2) is 24.0 Å². The van der Waals surface area contributed by atoms with Gasteiger partial charge in [-0.3, -0.25) is 4.79 Å². The standard InChI is InChI=1S/C17H29N3O/c1-6-9-18-15-12-13(11-14(7-2)20-15)16(21)19-10-8-17(3,4)5/h11-12H,6-10H2,1-5H3,(H,18,20)(H,19,21). The fourth-order valence-electron chi connectivity index (χ4n) is 1.90. The lowest BCUT2D eigenvalue weighted by Gasteiger charge is -2.18. The molecule has 0 atom stereocenters. The molecule has 0 bridgehead atoms. The van der Waals surface area contributed by atoms with Crippen LogP contribution in [0, 0.1) is 5.41 Å². The first-order valence-electron chi connectivity index (χ1n) is 7.88. The lowest BCUT2D eigenvalue weighted by molar-refractivity contribution is 0.0949. The maximum atomic E-state index is 12.3. The number of nitrogens with one attached hydrogen (secondary N) is 2. The Kier molecular flexibility index (Phi) is 6.66. The van der Waals surface area contributed by atoms with Gasteiger partial charge in [-0.05, 0) is 36.8 Å². The molecule has 0 saturated heterocycles. The van der Waals surface area contributed by atoms with Crippen LogP contribution in [0.3, 0.4) is 0 Å². The molecule has 0 fully saturated rings. The number of hydrogen-bond acceptors (Lipinski definition) is 3.